The van der Waals surface area contributed by atoms with Gasteiger partial charge in [-0.25, -0.2) is 8.42 Å². The van der Waals surface area contributed by atoms with E-state index in [9.17, 15) is 23.3 Å². The fraction of sp³-hybridized carbons (Fsp3) is 0.611. The quantitative estimate of drug-likeness (QED) is 0.559. The van der Waals surface area contributed by atoms with Crippen molar-refractivity contribution in [3.05, 3.63) is 34.4 Å². The van der Waals surface area contributed by atoms with Gasteiger partial charge in [0.25, 0.3) is 5.69 Å². The minimum Gasteiger partial charge on any atom is -0.352 e. The van der Waals surface area contributed by atoms with Crippen molar-refractivity contribution in [3.8, 4) is 0 Å². The lowest BCUT2D eigenvalue weighted by molar-refractivity contribution is -0.387. The Bertz CT molecular complexity index is 830. The number of nitro groups is 1. The molecule has 1 amide bonds. The molecule has 1 N–H and O–H groups in total. The van der Waals surface area contributed by atoms with Gasteiger partial charge in [-0.15, -0.1) is 0 Å². The Labute approximate surface area is 164 Å². The van der Waals surface area contributed by atoms with Crippen LogP contribution in [0.1, 0.15) is 32.6 Å². The molecule has 2 fully saturated rings. The summed E-state index contributed by atoms with van der Waals surface area (Å²) in [7, 11) is -3.96. The van der Waals surface area contributed by atoms with E-state index >= 15 is 0 Å². The third kappa shape index (κ3) is 4.34. The van der Waals surface area contributed by atoms with Crippen molar-refractivity contribution in [1.82, 2.24) is 14.5 Å². The van der Waals surface area contributed by atoms with E-state index in [1.807, 2.05) is 11.8 Å². The van der Waals surface area contributed by atoms with Crippen molar-refractivity contribution < 1.29 is 18.1 Å². The van der Waals surface area contributed by atoms with Gasteiger partial charge >= 0.3 is 0 Å². The van der Waals surface area contributed by atoms with Gasteiger partial charge in [-0.3, -0.25) is 19.8 Å². The Morgan fingerprint density at radius 1 is 1.18 bits per heavy atom. The van der Waals surface area contributed by atoms with Gasteiger partial charge in [0.1, 0.15) is 0 Å². The predicted octanol–water partition coefficient (Wildman–Crippen LogP) is 1.35. The van der Waals surface area contributed by atoms with E-state index in [2.05, 4.69) is 5.32 Å². The molecule has 9 nitrogen and oxygen atoms in total. The average Bonchev–Trinajstić information content (AvgIpc) is 3.20. The highest BCUT2D eigenvalue weighted by Crippen LogP contribution is 2.27. The molecule has 2 aliphatic rings. The van der Waals surface area contributed by atoms with Crippen LogP contribution in [0.5, 0.6) is 0 Å². The molecular formula is C18H26N4O5S. The predicted molar refractivity (Wildman–Crippen MR) is 103 cm³/mol. The van der Waals surface area contributed by atoms with E-state index < -0.39 is 20.6 Å². The monoisotopic (exact) mass is 410 g/mol. The second-order valence-corrected chi connectivity index (χ2v) is 9.24. The second kappa shape index (κ2) is 8.54. The normalized spacial score (nSPS) is 20.8. The highest BCUT2D eigenvalue weighted by atomic mass is 32.2. The minimum absolute atomic E-state index is 0.0260. The van der Waals surface area contributed by atoms with Crippen LogP contribution < -0.4 is 5.32 Å². The molecule has 28 heavy (non-hydrogen) atoms. The van der Waals surface area contributed by atoms with Gasteiger partial charge in [-0.2, -0.15) is 4.31 Å². The van der Waals surface area contributed by atoms with E-state index in [1.165, 1.54) is 28.6 Å². The second-order valence-electron chi connectivity index (χ2n) is 7.33. The molecule has 1 aliphatic carbocycles. The van der Waals surface area contributed by atoms with E-state index in [0.29, 0.717) is 13.1 Å². The van der Waals surface area contributed by atoms with Gasteiger partial charge in [-0.1, -0.05) is 25.0 Å². The fourth-order valence-corrected chi connectivity index (χ4v) is 5.43. The number of piperazine rings is 1. The molecular weight excluding hydrogens is 384 g/mol. The molecule has 1 aromatic rings. The number of rotatable bonds is 6. The van der Waals surface area contributed by atoms with Crippen molar-refractivity contribution >= 4 is 21.6 Å². The van der Waals surface area contributed by atoms with Gasteiger partial charge < -0.3 is 5.32 Å². The number of sulfonamides is 1. The van der Waals surface area contributed by atoms with E-state index in [1.54, 1.807) is 0 Å². The van der Waals surface area contributed by atoms with Crippen LogP contribution in [0.15, 0.2) is 29.2 Å². The first kappa shape index (κ1) is 20.7. The molecule has 1 aromatic carbocycles. The number of hydrogen-bond donors (Lipinski definition) is 1. The van der Waals surface area contributed by atoms with Crippen molar-refractivity contribution in [2.24, 2.45) is 0 Å². The first-order valence-electron chi connectivity index (χ1n) is 9.58. The Balaban J connectivity index is 1.63. The van der Waals surface area contributed by atoms with Crippen LogP contribution in [0.2, 0.25) is 0 Å². The average molecular weight is 410 g/mol. The molecule has 0 radical (unpaired) electrons. The Kier molecular flexibility index (Phi) is 6.31. The molecule has 1 saturated heterocycles. The smallest absolute Gasteiger partial charge is 0.289 e. The van der Waals surface area contributed by atoms with Gasteiger partial charge in [0.2, 0.25) is 15.9 Å². The Morgan fingerprint density at radius 3 is 2.39 bits per heavy atom. The summed E-state index contributed by atoms with van der Waals surface area (Å²) in [5.74, 6) is -0.0260. The summed E-state index contributed by atoms with van der Waals surface area (Å²) < 4.78 is 27.0. The van der Waals surface area contributed by atoms with Gasteiger partial charge in [0.05, 0.1) is 11.0 Å². The standard InChI is InChI=1S/C18H26N4O5S/c1-14(18(23)19-15-6-2-3-7-15)20-10-12-21(13-11-20)28(26,27)17-9-5-4-8-16(17)22(24)25/h4-5,8-9,14-15H,2-3,6-7,10-13H2,1H3,(H,19,23)/t14-/m1/s1. The summed E-state index contributed by atoms with van der Waals surface area (Å²) in [4.78, 5) is 24.6. The zero-order valence-electron chi connectivity index (χ0n) is 15.9. The number of hydrogen-bond acceptors (Lipinski definition) is 6. The summed E-state index contributed by atoms with van der Waals surface area (Å²) in [5, 5.41) is 14.3. The highest BCUT2D eigenvalue weighted by Gasteiger charge is 2.35. The number of benzene rings is 1. The fourth-order valence-electron chi connectivity index (χ4n) is 3.85. The van der Waals surface area contributed by atoms with Crippen LogP contribution in [-0.4, -0.2) is 66.7 Å². The SMILES string of the molecule is C[C@H](C(=O)NC1CCCC1)N1CCN(S(=O)(=O)c2ccccc2[N+](=O)[O-])CC1. The lowest BCUT2D eigenvalue weighted by atomic mass is 10.2. The summed E-state index contributed by atoms with van der Waals surface area (Å²) in [6.45, 7) is 3.01. The van der Waals surface area contributed by atoms with Crippen molar-refractivity contribution in [3.63, 3.8) is 0 Å². The number of nitrogens with zero attached hydrogens (tertiary/aromatic N) is 3. The first-order valence-corrected chi connectivity index (χ1v) is 11.0. The zero-order chi connectivity index (χ0) is 20.3. The molecule has 10 heteroatoms. The van der Waals surface area contributed by atoms with Crippen molar-refractivity contribution in [2.45, 2.75) is 49.6 Å². The van der Waals surface area contributed by atoms with E-state index in [-0.39, 0.29) is 36.0 Å². The highest BCUT2D eigenvalue weighted by molar-refractivity contribution is 7.89. The molecule has 3 rings (SSSR count). The third-order valence-corrected chi connectivity index (χ3v) is 7.53. The molecule has 0 aromatic heterocycles. The maximum atomic E-state index is 12.9. The number of carbonyl (C=O) groups is 1. The van der Waals surface area contributed by atoms with Gasteiger partial charge in [0, 0.05) is 38.3 Å². The van der Waals surface area contributed by atoms with Gasteiger partial charge in [0.15, 0.2) is 4.90 Å². The lowest BCUT2D eigenvalue weighted by Crippen LogP contribution is -2.55. The molecule has 1 aliphatic heterocycles. The number of nitro benzene ring substituents is 1. The molecule has 0 unspecified atom stereocenters. The Hall–Kier alpha value is -2.04. The van der Waals surface area contributed by atoms with Crippen LogP contribution in [-0.2, 0) is 14.8 Å². The maximum Gasteiger partial charge on any atom is 0.289 e. The topological polar surface area (TPSA) is 113 Å². The first-order chi connectivity index (χ1) is 13.3. The number of para-hydroxylation sites is 1. The zero-order valence-corrected chi connectivity index (χ0v) is 16.7. The van der Waals surface area contributed by atoms with Crippen LogP contribution in [0.4, 0.5) is 5.69 Å². The minimum atomic E-state index is -3.96. The maximum absolute atomic E-state index is 12.9. The van der Waals surface area contributed by atoms with Crippen LogP contribution >= 0.6 is 0 Å². The summed E-state index contributed by atoms with van der Waals surface area (Å²) in [5.41, 5.74) is -0.422. The molecule has 0 spiro atoms. The summed E-state index contributed by atoms with van der Waals surface area (Å²) in [6, 6.07) is 5.29. The van der Waals surface area contributed by atoms with Crippen molar-refractivity contribution in [2.75, 3.05) is 26.2 Å². The molecule has 0 bridgehead atoms. The van der Waals surface area contributed by atoms with Crippen molar-refractivity contribution in [1.29, 1.82) is 0 Å². The molecule has 154 valence electrons. The van der Waals surface area contributed by atoms with Gasteiger partial charge in [-0.05, 0) is 25.8 Å². The molecule has 1 heterocycles. The Morgan fingerprint density at radius 2 is 1.79 bits per heavy atom. The number of carbonyl (C=O) groups excluding carboxylic acids is 1. The van der Waals surface area contributed by atoms with E-state index in [4.69, 9.17) is 0 Å². The number of nitrogens with one attached hydrogen (secondary N) is 1. The van der Waals surface area contributed by atoms with Crippen LogP contribution in [0.25, 0.3) is 0 Å². The van der Waals surface area contributed by atoms with Crippen LogP contribution in [0, 0.1) is 10.1 Å². The summed E-state index contributed by atoms with van der Waals surface area (Å²) in [6.07, 6.45) is 4.31. The van der Waals surface area contributed by atoms with Crippen LogP contribution in [0.3, 0.4) is 0 Å². The summed E-state index contributed by atoms with van der Waals surface area (Å²) >= 11 is 0. The van der Waals surface area contributed by atoms with E-state index in [0.717, 1.165) is 25.7 Å². The molecule has 1 saturated carbocycles. The number of amides is 1. The third-order valence-electron chi connectivity index (χ3n) is 5.58. The largest absolute Gasteiger partial charge is 0.352 e. The molecule has 1 atom stereocenters. The lowest BCUT2D eigenvalue weighted by Gasteiger charge is -2.37.